The van der Waals surface area contributed by atoms with Gasteiger partial charge in [-0.1, -0.05) is 6.92 Å². The predicted octanol–water partition coefficient (Wildman–Crippen LogP) is 0.422. The summed E-state index contributed by atoms with van der Waals surface area (Å²) >= 11 is 0. The van der Waals surface area contributed by atoms with Crippen molar-refractivity contribution in [1.82, 2.24) is 15.5 Å². The smallest absolute Gasteiger partial charge is 0.321 e. The lowest BCUT2D eigenvalue weighted by Crippen LogP contribution is -2.53. The van der Waals surface area contributed by atoms with Gasteiger partial charge in [0.15, 0.2) is 0 Å². The second-order valence-electron chi connectivity index (χ2n) is 5.14. The number of nitrogens with zero attached hydrogens (tertiary/aromatic N) is 1. The van der Waals surface area contributed by atoms with Crippen LogP contribution in [0.5, 0.6) is 0 Å². The van der Waals surface area contributed by atoms with E-state index in [0.29, 0.717) is 12.1 Å². The van der Waals surface area contributed by atoms with Gasteiger partial charge in [0.1, 0.15) is 0 Å². The van der Waals surface area contributed by atoms with Gasteiger partial charge < -0.3 is 11.1 Å². The third-order valence-corrected chi connectivity index (χ3v) is 3.92. The maximum absolute atomic E-state index is 12.0. The van der Waals surface area contributed by atoms with Crippen LogP contribution in [0.25, 0.3) is 0 Å². The molecule has 0 aromatic heterocycles. The Morgan fingerprint density at radius 3 is 2.37 bits per heavy atom. The van der Waals surface area contributed by atoms with E-state index in [0.717, 1.165) is 32.2 Å². The van der Waals surface area contributed by atoms with Crippen molar-refractivity contribution in [1.29, 1.82) is 0 Å². The molecule has 19 heavy (non-hydrogen) atoms. The molecular formula is C13H26N4O2. The average Bonchev–Trinajstić information content (AvgIpc) is 2.41. The maximum Gasteiger partial charge on any atom is 0.321 e. The zero-order valence-electron chi connectivity index (χ0n) is 12.1. The van der Waals surface area contributed by atoms with Crippen LogP contribution in [0.2, 0.25) is 0 Å². The number of hydrogen-bond donors (Lipinski definition) is 3. The number of nitrogens with one attached hydrogen (secondary N) is 2. The molecule has 1 unspecified atom stereocenters. The first kappa shape index (κ1) is 15.9. The normalized spacial score (nSPS) is 24.9. The minimum atomic E-state index is -0.460. The first-order valence-corrected chi connectivity index (χ1v) is 7.03. The predicted molar refractivity (Wildman–Crippen MR) is 74.7 cm³/mol. The van der Waals surface area contributed by atoms with Gasteiger partial charge in [0.25, 0.3) is 0 Å². The summed E-state index contributed by atoms with van der Waals surface area (Å²) in [5.41, 5.74) is 5.91. The van der Waals surface area contributed by atoms with E-state index in [4.69, 9.17) is 5.73 Å². The van der Waals surface area contributed by atoms with Crippen molar-refractivity contribution in [3.63, 3.8) is 0 Å². The van der Waals surface area contributed by atoms with Gasteiger partial charge in [-0.3, -0.25) is 15.0 Å². The Kier molecular flexibility index (Phi) is 6.24. The van der Waals surface area contributed by atoms with E-state index in [9.17, 15) is 9.59 Å². The van der Waals surface area contributed by atoms with Gasteiger partial charge >= 0.3 is 6.03 Å². The fourth-order valence-corrected chi connectivity index (χ4v) is 2.71. The van der Waals surface area contributed by atoms with Crippen LogP contribution >= 0.6 is 0 Å². The lowest BCUT2D eigenvalue weighted by Gasteiger charge is -2.38. The molecule has 6 heteroatoms. The summed E-state index contributed by atoms with van der Waals surface area (Å²) in [5.74, 6) is -0.254. The van der Waals surface area contributed by atoms with Crippen molar-refractivity contribution < 1.29 is 9.59 Å². The molecule has 0 spiro atoms. The monoisotopic (exact) mass is 270 g/mol. The lowest BCUT2D eigenvalue weighted by molar-refractivity contribution is -0.125. The Bertz CT molecular complexity index is 314. The van der Waals surface area contributed by atoms with Gasteiger partial charge in [-0.15, -0.1) is 0 Å². The zero-order chi connectivity index (χ0) is 14.4. The molecule has 0 aliphatic heterocycles. The average molecular weight is 270 g/mol. The molecule has 1 aliphatic rings. The number of rotatable bonds is 4. The number of likely N-dealkylation sites (N-methyl/N-ethyl adjacent to an activating group) is 1. The third-order valence-electron chi connectivity index (χ3n) is 3.92. The number of hydrogen-bond acceptors (Lipinski definition) is 4. The van der Waals surface area contributed by atoms with Crippen molar-refractivity contribution in [3.8, 4) is 0 Å². The van der Waals surface area contributed by atoms with Gasteiger partial charge in [-0.25, -0.2) is 4.79 Å². The number of carbonyl (C=O) groups excluding carboxylic acids is 2. The van der Waals surface area contributed by atoms with Crippen molar-refractivity contribution in [2.24, 2.45) is 5.73 Å². The Hall–Kier alpha value is -1.14. The Morgan fingerprint density at radius 1 is 1.32 bits per heavy atom. The van der Waals surface area contributed by atoms with E-state index >= 15 is 0 Å². The van der Waals surface area contributed by atoms with Crippen molar-refractivity contribution in [2.75, 3.05) is 13.6 Å². The van der Waals surface area contributed by atoms with Crippen LogP contribution < -0.4 is 16.4 Å². The highest BCUT2D eigenvalue weighted by atomic mass is 16.2. The van der Waals surface area contributed by atoms with Gasteiger partial charge in [-0.2, -0.15) is 0 Å². The Labute approximate surface area is 115 Å². The second-order valence-corrected chi connectivity index (χ2v) is 5.14. The first-order valence-electron chi connectivity index (χ1n) is 7.03. The molecule has 1 saturated carbocycles. The Balaban J connectivity index is 2.58. The first-order chi connectivity index (χ1) is 8.99. The van der Waals surface area contributed by atoms with Gasteiger partial charge in [0.05, 0.1) is 6.04 Å². The minimum absolute atomic E-state index is 0.254. The number of urea groups is 1. The zero-order valence-corrected chi connectivity index (χ0v) is 12.1. The van der Waals surface area contributed by atoms with Crippen LogP contribution in [-0.4, -0.2) is 48.6 Å². The van der Waals surface area contributed by atoms with Crippen LogP contribution in [0.4, 0.5) is 4.79 Å². The van der Waals surface area contributed by atoms with Gasteiger partial charge in [-0.05, 0) is 39.2 Å². The summed E-state index contributed by atoms with van der Waals surface area (Å²) in [4.78, 5) is 25.3. The van der Waals surface area contributed by atoms with Crippen LogP contribution in [0.1, 0.15) is 39.5 Å². The molecule has 4 N–H and O–H groups in total. The highest BCUT2D eigenvalue weighted by molar-refractivity contribution is 5.96. The molecule has 0 radical (unpaired) electrons. The molecule has 1 rings (SSSR count). The molecule has 0 aromatic carbocycles. The maximum atomic E-state index is 12.0. The molecule has 1 fully saturated rings. The van der Waals surface area contributed by atoms with Gasteiger partial charge in [0.2, 0.25) is 5.91 Å². The molecule has 1 atom stereocenters. The van der Waals surface area contributed by atoms with Crippen LogP contribution in [-0.2, 0) is 4.79 Å². The van der Waals surface area contributed by atoms with Crippen molar-refractivity contribution in [2.45, 2.75) is 57.7 Å². The summed E-state index contributed by atoms with van der Waals surface area (Å²) < 4.78 is 0. The van der Waals surface area contributed by atoms with E-state index in [1.165, 1.54) is 7.05 Å². The number of nitrogens with two attached hydrogens (primary N) is 1. The topological polar surface area (TPSA) is 87.5 Å². The molecule has 1 aliphatic carbocycles. The van der Waals surface area contributed by atoms with Crippen LogP contribution in [0, 0.1) is 0 Å². The number of imide groups is 1. The minimum Gasteiger partial charge on any atom is -0.341 e. The molecule has 110 valence electrons. The number of amides is 3. The molecule has 0 bridgehead atoms. The SMILES string of the molecule is CCN(C1CCC(N)CC1)C(C)C(=O)NC(=O)NC. The summed E-state index contributed by atoms with van der Waals surface area (Å²) in [6.07, 6.45) is 4.05. The second kappa shape index (κ2) is 7.45. The highest BCUT2D eigenvalue weighted by Crippen LogP contribution is 2.23. The van der Waals surface area contributed by atoms with E-state index in [1.54, 1.807) is 0 Å². The fourth-order valence-electron chi connectivity index (χ4n) is 2.71. The van der Waals surface area contributed by atoms with Crippen molar-refractivity contribution in [3.05, 3.63) is 0 Å². The van der Waals surface area contributed by atoms with E-state index in [2.05, 4.69) is 15.5 Å². The third kappa shape index (κ3) is 4.47. The summed E-state index contributed by atoms with van der Waals surface area (Å²) in [6, 6.07) is -0.0830. The number of carbonyl (C=O) groups is 2. The summed E-state index contributed by atoms with van der Waals surface area (Å²) in [6.45, 7) is 4.68. The Morgan fingerprint density at radius 2 is 1.89 bits per heavy atom. The van der Waals surface area contributed by atoms with E-state index in [-0.39, 0.29) is 11.9 Å². The molecule has 3 amide bonds. The van der Waals surface area contributed by atoms with E-state index in [1.807, 2.05) is 13.8 Å². The van der Waals surface area contributed by atoms with Crippen LogP contribution in [0.15, 0.2) is 0 Å². The molecule has 0 saturated heterocycles. The standard InChI is InChI=1S/C13H26N4O2/c1-4-17(11-7-5-10(14)6-8-11)9(2)12(18)16-13(19)15-3/h9-11H,4-8,14H2,1-3H3,(H2,15,16,18,19). The highest BCUT2D eigenvalue weighted by Gasteiger charge is 2.30. The van der Waals surface area contributed by atoms with E-state index < -0.39 is 6.03 Å². The summed E-state index contributed by atoms with van der Waals surface area (Å²) in [7, 11) is 1.49. The lowest BCUT2D eigenvalue weighted by atomic mass is 9.90. The molecule has 6 nitrogen and oxygen atoms in total. The molecule has 0 aromatic rings. The van der Waals surface area contributed by atoms with Gasteiger partial charge in [0, 0.05) is 19.1 Å². The molecule has 0 heterocycles. The fraction of sp³-hybridized carbons (Fsp3) is 0.846. The molecular weight excluding hydrogens is 244 g/mol. The largest absolute Gasteiger partial charge is 0.341 e. The van der Waals surface area contributed by atoms with Crippen molar-refractivity contribution >= 4 is 11.9 Å². The summed E-state index contributed by atoms with van der Waals surface area (Å²) in [5, 5.41) is 4.72. The quantitative estimate of drug-likeness (QED) is 0.691. The van der Waals surface area contributed by atoms with Crippen LogP contribution in [0.3, 0.4) is 0 Å².